The fourth-order valence-electron chi connectivity index (χ4n) is 12.8. The van der Waals surface area contributed by atoms with Crippen molar-refractivity contribution in [2.45, 2.75) is 245 Å². The topological polar surface area (TPSA) is 350 Å². The van der Waals surface area contributed by atoms with E-state index in [9.17, 15) is 36.0 Å². The van der Waals surface area contributed by atoms with Gasteiger partial charge in [0.15, 0.2) is 28.7 Å². The average Bonchev–Trinajstić information content (AvgIpc) is 1.39. The number of aryl methyl sites for hydroxylation is 2. The third kappa shape index (κ3) is 21.2. The van der Waals surface area contributed by atoms with E-state index in [1.165, 1.54) is 42.5 Å². The lowest BCUT2D eigenvalue weighted by Gasteiger charge is -2.23. The van der Waals surface area contributed by atoms with Crippen LogP contribution in [-0.2, 0) is 74.8 Å². The molecule has 0 aliphatic heterocycles. The number of anilines is 2. The molecule has 4 aliphatic rings. The number of hydrogen-bond donors (Lipinski definition) is 6. The summed E-state index contributed by atoms with van der Waals surface area (Å²) in [4.78, 5) is 52.8. The average molecular weight is 1540 g/mol. The number of nitrogens with zero attached hydrogens (tertiary/aromatic N) is 6. The summed E-state index contributed by atoms with van der Waals surface area (Å²) in [6.45, 7) is 19.7. The first-order valence-electron chi connectivity index (χ1n) is 36.4. The largest absolute Gasteiger partial charge is 0.459 e. The Bertz CT molecular complexity index is 4470. The van der Waals surface area contributed by atoms with Gasteiger partial charge in [-0.25, -0.2) is 28.2 Å². The molecule has 0 bridgehead atoms. The minimum atomic E-state index is -2.24. The third-order valence-electron chi connectivity index (χ3n) is 18.9. The van der Waals surface area contributed by atoms with E-state index in [0.717, 1.165) is 140 Å². The minimum absolute atomic E-state index is 0.0201. The van der Waals surface area contributed by atoms with Gasteiger partial charge in [-0.05, 0) is 190 Å². The van der Waals surface area contributed by atoms with Crippen LogP contribution in [0.2, 0.25) is 0 Å². The van der Waals surface area contributed by atoms with Crippen molar-refractivity contribution in [3.05, 3.63) is 141 Å². The Kier molecular flexibility index (Phi) is 26.2. The highest BCUT2D eigenvalue weighted by molar-refractivity contribution is 7.82. The van der Waals surface area contributed by atoms with Gasteiger partial charge in [0.1, 0.15) is 47.2 Å². The maximum absolute atomic E-state index is 13.4. The molecule has 12 rings (SSSR count). The van der Waals surface area contributed by atoms with Crippen molar-refractivity contribution in [3.63, 3.8) is 0 Å². The molecule has 0 saturated heterocycles. The fraction of sp³-hybridized carbons (Fsp3) is 0.514. The zero-order chi connectivity index (χ0) is 75.4. The van der Waals surface area contributed by atoms with Crippen LogP contribution in [0.4, 0.5) is 11.4 Å². The number of carbonyl (C=O) groups excluding carboxylic acids is 4. The molecular formula is C74H96N12O16S4. The SMILES string of the molecule is Cc1ccc(NS(=O)Oc2cc(C(=O)OC3CCCCC3)cc(C(=O)OC3CCCCC3)c2)cc1OS(=O)NC(C)c1nnc2cc(C(C)(C)C)[nH]n12.Cc1ccc(NS(=O)Oc2cc(C(=O)OC3CCCCC3)ccc2C(=O)OC2CCCCC2)cc1OS(=O)NC(C)c1nnc2cc(C(C)(C)C)[nH]n12. The second kappa shape index (κ2) is 35.4. The second-order valence-corrected chi connectivity index (χ2v) is 33.0. The molecule has 4 heterocycles. The molecule has 4 fully saturated rings. The lowest BCUT2D eigenvalue weighted by atomic mass is 9.93. The number of carbonyl (C=O) groups is 4. The maximum Gasteiger partial charge on any atom is 0.342 e. The van der Waals surface area contributed by atoms with Gasteiger partial charge in [0.05, 0.1) is 40.1 Å². The van der Waals surface area contributed by atoms with E-state index in [-0.39, 0.29) is 80.5 Å². The predicted molar refractivity (Wildman–Crippen MR) is 402 cm³/mol. The smallest absolute Gasteiger partial charge is 0.342 e. The number of aromatic amines is 2. The fourth-order valence-corrected chi connectivity index (χ4v) is 15.7. The van der Waals surface area contributed by atoms with E-state index >= 15 is 0 Å². The van der Waals surface area contributed by atoms with Crippen molar-refractivity contribution < 1.29 is 71.7 Å². The molecule has 8 aromatic rings. The van der Waals surface area contributed by atoms with Crippen molar-refractivity contribution in [2.24, 2.45) is 0 Å². The number of esters is 4. The summed E-state index contributed by atoms with van der Waals surface area (Å²) >= 11 is -8.40. The van der Waals surface area contributed by atoms with Gasteiger partial charge in [-0.3, -0.25) is 19.6 Å². The summed E-state index contributed by atoms with van der Waals surface area (Å²) in [7, 11) is 0. The van der Waals surface area contributed by atoms with Crippen molar-refractivity contribution in [3.8, 4) is 23.0 Å². The van der Waals surface area contributed by atoms with Gasteiger partial charge in [0, 0.05) is 46.5 Å². The van der Waals surface area contributed by atoms with E-state index in [1.807, 2.05) is 12.1 Å². The van der Waals surface area contributed by atoms with E-state index in [2.05, 4.69) is 91.0 Å². The molecule has 4 aromatic heterocycles. The third-order valence-corrected chi connectivity index (χ3v) is 22.2. The molecule has 6 unspecified atom stereocenters. The number of aromatic nitrogens is 8. The Labute approximate surface area is 627 Å². The molecule has 6 N–H and O–H groups in total. The van der Waals surface area contributed by atoms with Crippen molar-refractivity contribution in [1.82, 2.24) is 49.1 Å². The molecule has 4 aromatic carbocycles. The van der Waals surface area contributed by atoms with Crippen molar-refractivity contribution in [2.75, 3.05) is 9.44 Å². The molecule has 32 heteroatoms. The number of hydrogen-bond acceptors (Lipinski definition) is 20. The first-order valence-corrected chi connectivity index (χ1v) is 40.7. The van der Waals surface area contributed by atoms with Crippen LogP contribution in [0.3, 0.4) is 0 Å². The van der Waals surface area contributed by atoms with Crippen molar-refractivity contribution in [1.29, 1.82) is 0 Å². The summed E-state index contributed by atoms with van der Waals surface area (Å²) < 4.78 is 114. The van der Waals surface area contributed by atoms with Crippen LogP contribution in [0.1, 0.15) is 271 Å². The highest BCUT2D eigenvalue weighted by Crippen LogP contribution is 2.34. The molecular weight excluding hydrogens is 1440 g/mol. The Morgan fingerprint density at radius 2 is 0.792 bits per heavy atom. The minimum Gasteiger partial charge on any atom is -0.459 e. The van der Waals surface area contributed by atoms with Gasteiger partial charge in [0.25, 0.3) is 22.5 Å². The van der Waals surface area contributed by atoms with Crippen LogP contribution in [-0.4, -0.2) is 105 Å². The van der Waals surface area contributed by atoms with Crippen LogP contribution in [0, 0.1) is 13.8 Å². The molecule has 572 valence electrons. The van der Waals surface area contributed by atoms with Crippen LogP contribution in [0.15, 0.2) is 84.9 Å². The van der Waals surface area contributed by atoms with E-state index in [1.54, 1.807) is 67.1 Å². The Balaban J connectivity index is 0.000000212. The maximum atomic E-state index is 13.4. The lowest BCUT2D eigenvalue weighted by molar-refractivity contribution is 0.0195. The number of ether oxygens (including phenoxy) is 4. The van der Waals surface area contributed by atoms with Crippen LogP contribution in [0.25, 0.3) is 11.3 Å². The summed E-state index contributed by atoms with van der Waals surface area (Å²) in [5.74, 6) is -0.806. The second-order valence-electron chi connectivity index (χ2n) is 29.6. The quantitative estimate of drug-likeness (QED) is 0.0217. The Morgan fingerprint density at radius 1 is 0.425 bits per heavy atom. The Hall–Kier alpha value is -8.56. The number of nitrogens with one attached hydrogen (secondary N) is 6. The zero-order valence-electron chi connectivity index (χ0n) is 61.5. The first-order chi connectivity index (χ1) is 50.7. The Morgan fingerprint density at radius 3 is 1.19 bits per heavy atom. The molecule has 0 spiro atoms. The summed E-state index contributed by atoms with van der Waals surface area (Å²) in [5, 5.41) is 23.6. The van der Waals surface area contributed by atoms with Crippen molar-refractivity contribution >= 4 is 91.6 Å². The number of fused-ring (bicyclic) bond motifs is 2. The van der Waals surface area contributed by atoms with Gasteiger partial charge in [0.2, 0.25) is 0 Å². The van der Waals surface area contributed by atoms with Gasteiger partial charge < -0.3 is 35.7 Å². The normalized spacial score (nSPS) is 17.5. The molecule has 106 heavy (non-hydrogen) atoms. The summed E-state index contributed by atoms with van der Waals surface area (Å²) in [5.41, 5.74) is 5.47. The predicted octanol–water partition coefficient (Wildman–Crippen LogP) is 14.0. The standard InChI is InChI=1S/2C37H48N6O8S2/c1-23-16-18-26(21-30(23)50-52(46)41-24(2)34-39-38-33-22-32(37(3,4)5)40-43(33)34)42-53(47)51-31-20-25(35(44)48-27-12-8-6-9-13-27)17-19-29(31)36(45)49-28-14-10-7-11-15-28;1-23-16-17-27(21-31(23)51-52(46)41-24(2)34-39-38-33-22-32(37(3,4)5)40-43(33)34)42-53(47)50-30-19-25(35(44)48-28-12-8-6-9-13-28)18-26(20-30)36(45)49-29-14-10-7-11-15-29/h16-22,24,27-28,40-42H,6-15H2,1-5H3;16-22,24,28-29,40-42H,6-15H2,1-5H3. The summed E-state index contributed by atoms with van der Waals surface area (Å²) in [6, 6.07) is 21.2. The number of benzene rings is 4. The molecule has 0 radical (unpaired) electrons. The first kappa shape index (κ1) is 78.5. The number of H-pyrrole nitrogens is 2. The molecule has 6 atom stereocenters. The zero-order valence-corrected chi connectivity index (χ0v) is 64.8. The lowest BCUT2D eigenvalue weighted by Crippen LogP contribution is -2.27. The van der Waals surface area contributed by atoms with Crippen LogP contribution < -0.4 is 35.6 Å². The van der Waals surface area contributed by atoms with Gasteiger partial charge in [-0.1, -0.05) is 79.4 Å². The molecule has 4 aliphatic carbocycles. The van der Waals surface area contributed by atoms with Gasteiger partial charge in [-0.15, -0.1) is 20.4 Å². The summed E-state index contributed by atoms with van der Waals surface area (Å²) in [6.07, 6.45) is 17.8. The van der Waals surface area contributed by atoms with E-state index in [4.69, 9.17) is 35.7 Å². The number of rotatable bonds is 26. The van der Waals surface area contributed by atoms with Gasteiger partial charge in [-0.2, -0.15) is 26.3 Å². The highest BCUT2D eigenvalue weighted by Gasteiger charge is 2.30. The molecule has 28 nitrogen and oxygen atoms in total. The van der Waals surface area contributed by atoms with Crippen LogP contribution >= 0.6 is 0 Å². The van der Waals surface area contributed by atoms with E-state index < -0.39 is 81.0 Å². The molecule has 0 amide bonds. The highest BCUT2D eigenvalue weighted by atomic mass is 32.2. The van der Waals surface area contributed by atoms with Crippen LogP contribution in [0.5, 0.6) is 23.0 Å². The van der Waals surface area contributed by atoms with Gasteiger partial charge >= 0.3 is 46.4 Å². The van der Waals surface area contributed by atoms with E-state index in [0.29, 0.717) is 45.4 Å². The monoisotopic (exact) mass is 1540 g/mol. The molecule has 4 saturated carbocycles.